The Morgan fingerprint density at radius 1 is 1.38 bits per heavy atom. The molecule has 0 aliphatic rings. The molecular weight excluding hydrogens is 331 g/mol. The molecule has 0 aliphatic heterocycles. The van der Waals surface area contributed by atoms with Gasteiger partial charge in [0.1, 0.15) is 11.4 Å². The van der Waals surface area contributed by atoms with Gasteiger partial charge in [0.2, 0.25) is 0 Å². The molecule has 0 unspecified atom stereocenters. The smallest absolute Gasteiger partial charge is 0.417 e. The number of alkyl halides is 3. The Labute approximate surface area is 133 Å². The lowest BCUT2D eigenvalue weighted by Gasteiger charge is -2.15. The molecule has 0 aliphatic carbocycles. The molecule has 0 saturated carbocycles. The summed E-state index contributed by atoms with van der Waals surface area (Å²) in [4.78, 5) is 38.1. The zero-order chi connectivity index (χ0) is 17.9. The Balaban J connectivity index is 2.11. The van der Waals surface area contributed by atoms with Crippen LogP contribution in [0.2, 0.25) is 0 Å². The van der Waals surface area contributed by atoms with E-state index in [0.717, 1.165) is 4.90 Å². The van der Waals surface area contributed by atoms with Crippen LogP contribution in [0.4, 0.5) is 18.9 Å². The number of likely N-dealkylation sites (N-methyl/N-ethyl adjacent to an activating group) is 1. The maximum absolute atomic E-state index is 12.6. The zero-order valence-corrected chi connectivity index (χ0v) is 12.3. The van der Waals surface area contributed by atoms with Crippen molar-refractivity contribution in [3.63, 3.8) is 0 Å². The van der Waals surface area contributed by atoms with Gasteiger partial charge in [0, 0.05) is 13.2 Å². The number of anilines is 1. The summed E-state index contributed by atoms with van der Waals surface area (Å²) in [6.45, 7) is -0.0157. The van der Waals surface area contributed by atoms with Crippen molar-refractivity contribution < 1.29 is 27.2 Å². The van der Waals surface area contributed by atoms with E-state index in [-0.39, 0.29) is 6.54 Å². The van der Waals surface area contributed by atoms with Gasteiger partial charge in [-0.1, -0.05) is 0 Å². The van der Waals surface area contributed by atoms with Gasteiger partial charge in [-0.3, -0.25) is 14.4 Å². The van der Waals surface area contributed by atoms with Crippen LogP contribution in [0.5, 0.6) is 0 Å². The fourth-order valence-corrected chi connectivity index (χ4v) is 1.80. The van der Waals surface area contributed by atoms with Crippen LogP contribution < -0.4 is 10.9 Å². The fraction of sp³-hybridized carbons (Fsp3) is 0.214. The predicted octanol–water partition coefficient (Wildman–Crippen LogP) is 1.58. The summed E-state index contributed by atoms with van der Waals surface area (Å²) < 4.78 is 42.9. The van der Waals surface area contributed by atoms with E-state index in [1.165, 1.54) is 13.3 Å². The lowest BCUT2D eigenvalue weighted by atomic mass is 10.2. The van der Waals surface area contributed by atoms with Crippen LogP contribution in [0.25, 0.3) is 0 Å². The second-order valence-corrected chi connectivity index (χ2v) is 4.82. The van der Waals surface area contributed by atoms with Crippen molar-refractivity contribution in [1.82, 2.24) is 9.88 Å². The molecule has 2 N–H and O–H groups in total. The fourth-order valence-electron chi connectivity index (χ4n) is 1.80. The SMILES string of the molecule is CN(Cc1ccco1)C(=O)C(=O)Nc1cc(C(F)(F)F)c[nH]c1=O. The number of nitrogens with zero attached hydrogens (tertiary/aromatic N) is 1. The second kappa shape index (κ2) is 6.60. The molecule has 2 heterocycles. The summed E-state index contributed by atoms with van der Waals surface area (Å²) >= 11 is 0. The molecule has 128 valence electrons. The van der Waals surface area contributed by atoms with Crippen LogP contribution in [0, 0.1) is 0 Å². The number of aromatic amines is 1. The van der Waals surface area contributed by atoms with Gasteiger partial charge in [-0.2, -0.15) is 13.2 Å². The Hall–Kier alpha value is -3.04. The highest BCUT2D eigenvalue weighted by Gasteiger charge is 2.32. The highest BCUT2D eigenvalue weighted by molar-refractivity contribution is 6.39. The van der Waals surface area contributed by atoms with Crippen molar-refractivity contribution >= 4 is 17.5 Å². The lowest BCUT2D eigenvalue weighted by Crippen LogP contribution is -2.37. The molecule has 0 atom stereocenters. The highest BCUT2D eigenvalue weighted by Crippen LogP contribution is 2.29. The maximum atomic E-state index is 12.6. The first-order valence-corrected chi connectivity index (χ1v) is 6.57. The summed E-state index contributed by atoms with van der Waals surface area (Å²) in [6, 6.07) is 3.63. The van der Waals surface area contributed by atoms with Crippen LogP contribution in [0.3, 0.4) is 0 Å². The summed E-state index contributed by atoms with van der Waals surface area (Å²) in [6.07, 6.45) is -2.84. The molecule has 2 aromatic rings. The van der Waals surface area contributed by atoms with E-state index in [1.54, 1.807) is 12.1 Å². The molecule has 0 radical (unpaired) electrons. The van der Waals surface area contributed by atoms with Gasteiger partial charge in [0.05, 0.1) is 18.4 Å². The number of H-pyrrole nitrogens is 1. The maximum Gasteiger partial charge on any atom is 0.417 e. The third kappa shape index (κ3) is 4.03. The number of aromatic nitrogens is 1. The third-order valence-electron chi connectivity index (χ3n) is 2.99. The van der Waals surface area contributed by atoms with Gasteiger partial charge in [0.25, 0.3) is 5.56 Å². The molecule has 7 nitrogen and oxygen atoms in total. The molecule has 24 heavy (non-hydrogen) atoms. The van der Waals surface area contributed by atoms with E-state index < -0.39 is 34.8 Å². The summed E-state index contributed by atoms with van der Waals surface area (Å²) in [5.74, 6) is -1.87. The zero-order valence-electron chi connectivity index (χ0n) is 12.3. The molecular formula is C14H12F3N3O4. The van der Waals surface area contributed by atoms with Crippen molar-refractivity contribution in [2.75, 3.05) is 12.4 Å². The van der Waals surface area contributed by atoms with Gasteiger partial charge in [-0.05, 0) is 18.2 Å². The summed E-state index contributed by atoms with van der Waals surface area (Å²) in [5, 5.41) is 1.88. The van der Waals surface area contributed by atoms with E-state index >= 15 is 0 Å². The summed E-state index contributed by atoms with van der Waals surface area (Å²) in [5.41, 5.74) is -2.79. The second-order valence-electron chi connectivity index (χ2n) is 4.82. The standard InChI is InChI=1S/C14H12F3N3O4/c1-20(7-9-3-2-4-24-9)13(23)12(22)19-10-5-8(14(15,16)17)6-18-11(10)21/h2-6H,7H2,1H3,(H,18,21)(H,19,22). The number of carbonyl (C=O) groups is 2. The molecule has 0 fully saturated rings. The van der Waals surface area contributed by atoms with Gasteiger partial charge in [-0.25, -0.2) is 0 Å². The quantitative estimate of drug-likeness (QED) is 0.827. The Morgan fingerprint density at radius 2 is 2.08 bits per heavy atom. The summed E-state index contributed by atoms with van der Waals surface area (Å²) in [7, 11) is 1.31. The first-order valence-electron chi connectivity index (χ1n) is 6.57. The van der Waals surface area contributed by atoms with E-state index in [0.29, 0.717) is 18.0 Å². The largest absolute Gasteiger partial charge is 0.467 e. The Morgan fingerprint density at radius 3 is 2.67 bits per heavy atom. The lowest BCUT2D eigenvalue weighted by molar-refractivity contribution is -0.142. The normalized spacial score (nSPS) is 11.2. The Kier molecular flexibility index (Phi) is 4.77. The molecule has 0 spiro atoms. The molecule has 2 rings (SSSR count). The Bertz CT molecular complexity index is 796. The predicted molar refractivity (Wildman–Crippen MR) is 75.9 cm³/mol. The number of furan rings is 1. The van der Waals surface area contributed by atoms with Crippen molar-refractivity contribution in [1.29, 1.82) is 0 Å². The molecule has 2 aromatic heterocycles. The van der Waals surface area contributed by atoms with Crippen LogP contribution in [0.15, 0.2) is 39.9 Å². The molecule has 0 saturated heterocycles. The molecule has 0 bridgehead atoms. The number of hydrogen-bond donors (Lipinski definition) is 2. The average molecular weight is 343 g/mol. The van der Waals surface area contributed by atoms with E-state index in [1.807, 2.05) is 10.3 Å². The van der Waals surface area contributed by atoms with Crippen molar-refractivity contribution in [3.05, 3.63) is 52.3 Å². The number of carbonyl (C=O) groups excluding carboxylic acids is 2. The van der Waals surface area contributed by atoms with Gasteiger partial charge in [-0.15, -0.1) is 0 Å². The number of rotatable bonds is 3. The van der Waals surface area contributed by atoms with Gasteiger partial charge >= 0.3 is 18.0 Å². The van der Waals surface area contributed by atoms with Gasteiger partial charge < -0.3 is 19.6 Å². The monoisotopic (exact) mass is 343 g/mol. The van der Waals surface area contributed by atoms with Gasteiger partial charge in [0.15, 0.2) is 0 Å². The minimum absolute atomic E-state index is 0.0157. The minimum Gasteiger partial charge on any atom is -0.467 e. The van der Waals surface area contributed by atoms with E-state index in [2.05, 4.69) is 0 Å². The molecule has 0 aromatic carbocycles. The van der Waals surface area contributed by atoms with E-state index in [9.17, 15) is 27.6 Å². The van der Waals surface area contributed by atoms with Crippen molar-refractivity contribution in [2.45, 2.75) is 12.7 Å². The van der Waals surface area contributed by atoms with Crippen LogP contribution in [-0.2, 0) is 22.3 Å². The van der Waals surface area contributed by atoms with Crippen LogP contribution in [-0.4, -0.2) is 28.7 Å². The molecule has 2 amide bonds. The van der Waals surface area contributed by atoms with Crippen molar-refractivity contribution in [2.24, 2.45) is 0 Å². The first-order chi connectivity index (χ1) is 11.2. The number of pyridine rings is 1. The number of halogens is 3. The highest BCUT2D eigenvalue weighted by atomic mass is 19.4. The minimum atomic E-state index is -4.70. The van der Waals surface area contributed by atoms with Crippen LogP contribution >= 0.6 is 0 Å². The first kappa shape index (κ1) is 17.3. The number of nitrogens with one attached hydrogen (secondary N) is 2. The average Bonchev–Trinajstić information content (AvgIpc) is 3.00. The number of hydrogen-bond acceptors (Lipinski definition) is 4. The number of amides is 2. The molecule has 10 heteroatoms. The van der Waals surface area contributed by atoms with E-state index in [4.69, 9.17) is 4.42 Å². The van der Waals surface area contributed by atoms with Crippen LogP contribution in [0.1, 0.15) is 11.3 Å². The third-order valence-corrected chi connectivity index (χ3v) is 2.99. The van der Waals surface area contributed by atoms with Crippen molar-refractivity contribution in [3.8, 4) is 0 Å². The topological polar surface area (TPSA) is 95.4 Å².